The standard InChI is InChI=1S/C5H3NOS/c1-2-4-3-7-5(8)6-4/h1,3H,(H,6,8). The first-order valence-electron chi connectivity index (χ1n) is 1.97. The molecule has 0 fully saturated rings. The van der Waals surface area contributed by atoms with Crippen LogP contribution in [0.25, 0.3) is 0 Å². The minimum Gasteiger partial charge on any atom is -0.437 e. The summed E-state index contributed by atoms with van der Waals surface area (Å²) in [6.45, 7) is 0. The molecule has 0 bridgehead atoms. The van der Waals surface area contributed by atoms with Crippen LogP contribution < -0.4 is 0 Å². The first-order valence-corrected chi connectivity index (χ1v) is 2.38. The lowest BCUT2D eigenvalue weighted by atomic mass is 10.5. The van der Waals surface area contributed by atoms with Crippen LogP contribution in [0.1, 0.15) is 5.69 Å². The van der Waals surface area contributed by atoms with Gasteiger partial charge in [-0.2, -0.15) is 0 Å². The predicted octanol–water partition coefficient (Wildman–Crippen LogP) is 1.32. The molecule has 8 heavy (non-hydrogen) atoms. The topological polar surface area (TPSA) is 28.9 Å². The van der Waals surface area contributed by atoms with Gasteiger partial charge in [-0.3, -0.25) is 0 Å². The summed E-state index contributed by atoms with van der Waals surface area (Å²) < 4.78 is 4.67. The molecule has 0 radical (unpaired) electrons. The smallest absolute Gasteiger partial charge is 0.266 e. The maximum Gasteiger partial charge on any atom is 0.266 e. The van der Waals surface area contributed by atoms with Gasteiger partial charge in [-0.05, 0) is 18.1 Å². The van der Waals surface area contributed by atoms with E-state index in [0.29, 0.717) is 10.5 Å². The molecule has 0 spiro atoms. The van der Waals surface area contributed by atoms with E-state index in [9.17, 15) is 0 Å². The van der Waals surface area contributed by atoms with E-state index in [1.54, 1.807) is 0 Å². The summed E-state index contributed by atoms with van der Waals surface area (Å²) in [4.78, 5) is 2.96. The molecule has 1 rings (SSSR count). The highest BCUT2D eigenvalue weighted by Crippen LogP contribution is 1.92. The Morgan fingerprint density at radius 1 is 1.88 bits per heavy atom. The molecule has 0 saturated carbocycles. The summed E-state index contributed by atoms with van der Waals surface area (Å²) in [5.74, 6) is 2.33. The molecule has 3 heteroatoms. The van der Waals surface area contributed by atoms with Gasteiger partial charge in [0.25, 0.3) is 4.84 Å². The largest absolute Gasteiger partial charge is 0.437 e. The van der Waals surface area contributed by atoms with E-state index in [1.165, 1.54) is 6.26 Å². The summed E-state index contributed by atoms with van der Waals surface area (Å²) in [6, 6.07) is 0. The molecule has 2 nitrogen and oxygen atoms in total. The molecule has 0 aliphatic heterocycles. The third-order valence-corrected chi connectivity index (χ3v) is 0.874. The minimum absolute atomic E-state index is 0.318. The molecule has 40 valence electrons. The molecular weight excluding hydrogens is 122 g/mol. The molecular formula is C5H3NOS. The molecule has 0 aromatic carbocycles. The second-order valence-electron chi connectivity index (χ2n) is 1.21. The Bertz CT molecular complexity index is 264. The summed E-state index contributed by atoms with van der Waals surface area (Å²) >= 11 is 4.58. The van der Waals surface area contributed by atoms with Crippen LogP contribution in [0, 0.1) is 17.2 Å². The van der Waals surface area contributed by atoms with Gasteiger partial charge in [0.05, 0.1) is 0 Å². The van der Waals surface area contributed by atoms with Gasteiger partial charge in [0.1, 0.15) is 12.0 Å². The van der Waals surface area contributed by atoms with Crippen LogP contribution in [0.2, 0.25) is 0 Å². The lowest BCUT2D eigenvalue weighted by Gasteiger charge is -1.66. The van der Waals surface area contributed by atoms with E-state index < -0.39 is 0 Å². The third kappa shape index (κ3) is 0.796. The molecule has 0 saturated heterocycles. The van der Waals surface area contributed by atoms with Crippen LogP contribution in [-0.2, 0) is 0 Å². The number of nitrogens with one attached hydrogen (secondary N) is 1. The van der Waals surface area contributed by atoms with E-state index in [2.05, 4.69) is 27.5 Å². The van der Waals surface area contributed by atoms with Crippen molar-refractivity contribution in [3.63, 3.8) is 0 Å². The van der Waals surface area contributed by atoms with E-state index in [1.807, 2.05) is 0 Å². The van der Waals surface area contributed by atoms with Crippen molar-refractivity contribution >= 4 is 12.2 Å². The number of hydrogen-bond acceptors (Lipinski definition) is 2. The van der Waals surface area contributed by atoms with Crippen LogP contribution in [0.15, 0.2) is 10.7 Å². The molecule has 0 amide bonds. The number of hydrogen-bond donors (Lipinski definition) is 1. The highest BCUT2D eigenvalue weighted by molar-refractivity contribution is 7.71. The summed E-state index contributed by atoms with van der Waals surface area (Å²) in [5, 5.41) is 0. The highest BCUT2D eigenvalue weighted by Gasteiger charge is 1.85. The summed E-state index contributed by atoms with van der Waals surface area (Å²) in [5.41, 5.74) is 0.579. The monoisotopic (exact) mass is 125 g/mol. The SMILES string of the molecule is C#Cc1coc(=S)[nH]1. The highest BCUT2D eigenvalue weighted by atomic mass is 32.1. The maximum atomic E-state index is 4.98. The van der Waals surface area contributed by atoms with E-state index in [4.69, 9.17) is 6.42 Å². The zero-order valence-corrected chi connectivity index (χ0v) is 4.79. The van der Waals surface area contributed by atoms with Crippen LogP contribution in [0.4, 0.5) is 0 Å². The van der Waals surface area contributed by atoms with Crippen molar-refractivity contribution in [2.24, 2.45) is 0 Å². The fourth-order valence-electron chi connectivity index (χ4n) is 0.351. The number of aromatic nitrogens is 1. The Morgan fingerprint density at radius 3 is 2.88 bits per heavy atom. The zero-order chi connectivity index (χ0) is 5.98. The normalized spacial score (nSPS) is 8.38. The number of H-pyrrole nitrogens is 1. The zero-order valence-electron chi connectivity index (χ0n) is 3.97. The molecule has 0 atom stereocenters. The lowest BCUT2D eigenvalue weighted by molar-refractivity contribution is 0.540. The molecule has 1 aromatic heterocycles. The summed E-state index contributed by atoms with van der Waals surface area (Å²) in [6.07, 6.45) is 6.38. The third-order valence-electron chi connectivity index (χ3n) is 0.676. The average molecular weight is 125 g/mol. The Balaban J connectivity index is 3.25. The van der Waals surface area contributed by atoms with Gasteiger partial charge in [0.15, 0.2) is 0 Å². The van der Waals surface area contributed by atoms with Crippen LogP contribution >= 0.6 is 12.2 Å². The summed E-state index contributed by atoms with van der Waals surface area (Å²) in [7, 11) is 0. The first-order chi connectivity index (χ1) is 3.83. The van der Waals surface area contributed by atoms with Gasteiger partial charge in [-0.25, -0.2) is 0 Å². The second kappa shape index (κ2) is 1.85. The van der Waals surface area contributed by atoms with Crippen molar-refractivity contribution in [2.45, 2.75) is 0 Å². The van der Waals surface area contributed by atoms with E-state index in [-0.39, 0.29) is 0 Å². The van der Waals surface area contributed by atoms with E-state index in [0.717, 1.165) is 0 Å². The molecule has 0 aliphatic carbocycles. The minimum atomic E-state index is 0.318. The Morgan fingerprint density at radius 2 is 2.62 bits per heavy atom. The number of oxazole rings is 1. The number of terminal acetylenes is 1. The van der Waals surface area contributed by atoms with Gasteiger partial charge in [-0.1, -0.05) is 0 Å². The molecule has 0 unspecified atom stereocenters. The van der Waals surface area contributed by atoms with E-state index >= 15 is 0 Å². The lowest BCUT2D eigenvalue weighted by Crippen LogP contribution is -1.66. The van der Waals surface area contributed by atoms with Crippen molar-refractivity contribution in [2.75, 3.05) is 0 Å². The molecule has 0 aliphatic rings. The second-order valence-corrected chi connectivity index (χ2v) is 1.58. The van der Waals surface area contributed by atoms with Crippen molar-refractivity contribution in [3.05, 3.63) is 16.8 Å². The van der Waals surface area contributed by atoms with Crippen molar-refractivity contribution < 1.29 is 4.42 Å². The van der Waals surface area contributed by atoms with Crippen molar-refractivity contribution in [1.29, 1.82) is 0 Å². The Hall–Kier alpha value is -1.01. The number of rotatable bonds is 0. The Labute approximate surface area is 51.5 Å². The fourth-order valence-corrected chi connectivity index (χ4v) is 0.510. The van der Waals surface area contributed by atoms with Crippen molar-refractivity contribution in [1.82, 2.24) is 4.98 Å². The van der Waals surface area contributed by atoms with Crippen molar-refractivity contribution in [3.8, 4) is 12.3 Å². The molecule has 1 aromatic rings. The first kappa shape index (κ1) is 5.13. The van der Waals surface area contributed by atoms with Gasteiger partial charge >= 0.3 is 0 Å². The van der Waals surface area contributed by atoms with Crippen LogP contribution in [-0.4, -0.2) is 4.98 Å². The molecule has 1 heterocycles. The van der Waals surface area contributed by atoms with Gasteiger partial charge < -0.3 is 9.40 Å². The van der Waals surface area contributed by atoms with Crippen LogP contribution in [0.3, 0.4) is 0 Å². The fraction of sp³-hybridized carbons (Fsp3) is 0. The predicted molar refractivity (Wildman–Crippen MR) is 31.8 cm³/mol. The average Bonchev–Trinajstić information content (AvgIpc) is 2.14. The number of aromatic amines is 1. The van der Waals surface area contributed by atoms with Crippen LogP contribution in [0.5, 0.6) is 0 Å². The van der Waals surface area contributed by atoms with Gasteiger partial charge in [0, 0.05) is 0 Å². The maximum absolute atomic E-state index is 4.98. The quantitative estimate of drug-likeness (QED) is 0.418. The van der Waals surface area contributed by atoms with Gasteiger partial charge in [0.2, 0.25) is 0 Å². The Kier molecular flexibility index (Phi) is 1.18. The molecule has 1 N–H and O–H groups in total. The van der Waals surface area contributed by atoms with Gasteiger partial charge in [-0.15, -0.1) is 6.42 Å².